The first-order valence-electron chi connectivity index (χ1n) is 19.4. The number of pyridine rings is 2. The van der Waals surface area contributed by atoms with Crippen molar-refractivity contribution in [1.82, 2.24) is 29.8 Å². The molecule has 5 atom stereocenters. The number of carbonyl (C=O) groups is 2. The van der Waals surface area contributed by atoms with E-state index in [1.807, 2.05) is 35.8 Å². The number of benzene rings is 1. The van der Waals surface area contributed by atoms with Crippen molar-refractivity contribution in [3.63, 3.8) is 0 Å². The number of carboxylic acids is 1. The first-order chi connectivity index (χ1) is 27.0. The number of nitrogens with zero attached hydrogens (tertiary/aromatic N) is 6. The Hall–Kier alpha value is -5.53. The predicted octanol–water partition coefficient (Wildman–Crippen LogP) is 7.65. The monoisotopic (exact) mass is 765 g/mol. The third-order valence-electron chi connectivity index (χ3n) is 12.7. The lowest BCUT2D eigenvalue weighted by molar-refractivity contribution is -0.154. The zero-order valence-corrected chi connectivity index (χ0v) is 30.9. The molecule has 4 aromatic heterocycles. The maximum Gasteiger partial charge on any atom is 0.434 e. The second kappa shape index (κ2) is 13.9. The van der Waals surface area contributed by atoms with E-state index in [-0.39, 0.29) is 23.6 Å². The molecule has 0 radical (unpaired) electrons. The minimum Gasteiger partial charge on any atom is -0.490 e. The number of amides is 1. The number of piperidine rings is 1. The maximum absolute atomic E-state index is 14.9. The van der Waals surface area contributed by atoms with E-state index < -0.39 is 34.8 Å². The number of halogens is 3. The summed E-state index contributed by atoms with van der Waals surface area (Å²) < 4.78 is 53.1. The topological polar surface area (TPSA) is 135 Å². The summed E-state index contributed by atoms with van der Waals surface area (Å²) in [4.78, 5) is 46.2. The zero-order chi connectivity index (χ0) is 38.8. The summed E-state index contributed by atoms with van der Waals surface area (Å²) in [6.45, 7) is 3.36. The molecular formula is C42H42F3N7O4. The van der Waals surface area contributed by atoms with Gasteiger partial charge in [-0.1, -0.05) is 6.42 Å². The molecule has 0 spiro atoms. The minimum absolute atomic E-state index is 0.0212. The Morgan fingerprint density at radius 2 is 1.70 bits per heavy atom. The van der Waals surface area contributed by atoms with Gasteiger partial charge in [0.2, 0.25) is 5.95 Å². The molecule has 2 N–H and O–H groups in total. The number of aliphatic carboxylic acids is 1. The molecular weight excluding hydrogens is 724 g/mol. The normalized spacial score (nSPS) is 25.0. The number of ether oxygens (including phenoxy) is 1. The number of carbonyl (C=O) groups excluding carboxylic acids is 1. The highest BCUT2D eigenvalue weighted by Gasteiger charge is 2.60. The molecule has 56 heavy (non-hydrogen) atoms. The predicted molar refractivity (Wildman–Crippen MR) is 201 cm³/mol. The molecule has 1 aromatic carbocycles. The molecule has 5 aromatic rings. The van der Waals surface area contributed by atoms with Crippen molar-refractivity contribution in [3.05, 3.63) is 90.3 Å². The Bertz CT molecular complexity index is 2300. The van der Waals surface area contributed by atoms with Crippen LogP contribution in [0.15, 0.2) is 73.4 Å². The molecule has 10 rings (SSSR count). The van der Waals surface area contributed by atoms with E-state index in [0.717, 1.165) is 56.1 Å². The van der Waals surface area contributed by atoms with Gasteiger partial charge in [-0.25, -0.2) is 19.7 Å². The Labute approximate surface area is 321 Å². The van der Waals surface area contributed by atoms with E-state index in [1.54, 1.807) is 37.1 Å². The van der Waals surface area contributed by atoms with E-state index in [1.165, 1.54) is 6.07 Å². The summed E-state index contributed by atoms with van der Waals surface area (Å²) in [7, 11) is 0. The average Bonchev–Trinajstić information content (AvgIpc) is 3.44. The Kier molecular flexibility index (Phi) is 8.96. The van der Waals surface area contributed by atoms with E-state index in [9.17, 15) is 27.9 Å². The number of hydrogen-bond donors (Lipinski definition) is 2. The van der Waals surface area contributed by atoms with Crippen molar-refractivity contribution in [1.29, 1.82) is 0 Å². The molecule has 5 aliphatic rings. The lowest BCUT2D eigenvalue weighted by atomic mass is 9.58. The highest BCUT2D eigenvalue weighted by atomic mass is 19.4. The first kappa shape index (κ1) is 36.1. The average molecular weight is 766 g/mol. The number of hydrogen-bond acceptors (Lipinski definition) is 8. The van der Waals surface area contributed by atoms with Crippen LogP contribution in [0.5, 0.6) is 5.75 Å². The van der Waals surface area contributed by atoms with Crippen LogP contribution >= 0.6 is 0 Å². The number of alkyl halides is 3. The summed E-state index contributed by atoms with van der Waals surface area (Å²) >= 11 is 0. The van der Waals surface area contributed by atoms with Gasteiger partial charge in [0.05, 0.1) is 22.5 Å². The number of anilines is 1. The van der Waals surface area contributed by atoms with Crippen LogP contribution in [0.4, 0.5) is 19.1 Å². The van der Waals surface area contributed by atoms with Crippen LogP contribution in [0.25, 0.3) is 27.8 Å². The molecule has 1 saturated heterocycles. The Morgan fingerprint density at radius 3 is 2.45 bits per heavy atom. The van der Waals surface area contributed by atoms with Crippen molar-refractivity contribution < 1.29 is 32.6 Å². The largest absolute Gasteiger partial charge is 0.490 e. The summed E-state index contributed by atoms with van der Waals surface area (Å²) in [6.07, 6.45) is 9.52. The lowest BCUT2D eigenvalue weighted by Gasteiger charge is -2.50. The number of carboxylic acid groups (broad SMARTS) is 1. The number of nitrogens with one attached hydrogen (secondary N) is 1. The fraction of sp³-hybridized carbons (Fsp3) is 0.429. The van der Waals surface area contributed by atoms with Gasteiger partial charge in [0.25, 0.3) is 5.91 Å². The van der Waals surface area contributed by atoms with Crippen molar-refractivity contribution >= 4 is 28.7 Å². The number of aryl methyl sites for hydroxylation is 1. The molecule has 5 fully saturated rings. The van der Waals surface area contributed by atoms with Gasteiger partial charge in [0.15, 0.2) is 5.69 Å². The summed E-state index contributed by atoms with van der Waals surface area (Å²) in [6, 6.07) is 11.7. The van der Waals surface area contributed by atoms with Crippen LogP contribution in [0.1, 0.15) is 73.0 Å². The zero-order valence-electron chi connectivity index (χ0n) is 30.9. The van der Waals surface area contributed by atoms with Gasteiger partial charge in [0.1, 0.15) is 17.4 Å². The summed E-state index contributed by atoms with van der Waals surface area (Å²) in [5, 5.41) is 14.0. The van der Waals surface area contributed by atoms with Crippen LogP contribution in [0.2, 0.25) is 0 Å². The fourth-order valence-corrected chi connectivity index (χ4v) is 10.2. The van der Waals surface area contributed by atoms with Gasteiger partial charge in [0, 0.05) is 73.9 Å². The minimum atomic E-state index is -5.00. The second-order valence-corrected chi connectivity index (χ2v) is 16.0. The van der Waals surface area contributed by atoms with E-state index in [0.29, 0.717) is 65.7 Å². The van der Waals surface area contributed by atoms with Crippen LogP contribution < -0.4 is 15.0 Å². The number of aromatic nitrogens is 5. The maximum atomic E-state index is 14.9. The van der Waals surface area contributed by atoms with Crippen LogP contribution in [0.3, 0.4) is 0 Å². The molecule has 5 heterocycles. The van der Waals surface area contributed by atoms with Crippen LogP contribution in [0, 0.1) is 30.6 Å². The van der Waals surface area contributed by atoms with Gasteiger partial charge >= 0.3 is 12.1 Å². The molecule has 14 heteroatoms. The lowest BCUT2D eigenvalue weighted by Crippen LogP contribution is -2.66. The third-order valence-corrected chi connectivity index (χ3v) is 12.7. The molecule has 5 unspecified atom stereocenters. The van der Waals surface area contributed by atoms with Gasteiger partial charge in [-0.3, -0.25) is 9.78 Å². The smallest absolute Gasteiger partial charge is 0.434 e. The number of rotatable bonds is 8. The molecule has 1 aliphatic heterocycles. The number of fused-ring (bicyclic) bond motifs is 2. The highest BCUT2D eigenvalue weighted by Crippen LogP contribution is 2.56. The second-order valence-electron chi connectivity index (χ2n) is 16.0. The van der Waals surface area contributed by atoms with Crippen molar-refractivity contribution in [2.75, 3.05) is 18.0 Å². The van der Waals surface area contributed by atoms with Gasteiger partial charge in [-0.2, -0.15) is 13.2 Å². The van der Waals surface area contributed by atoms with Crippen LogP contribution in [-0.2, 0) is 11.0 Å². The van der Waals surface area contributed by atoms with Gasteiger partial charge in [-0.15, -0.1) is 0 Å². The van der Waals surface area contributed by atoms with E-state index in [4.69, 9.17) is 4.74 Å². The summed E-state index contributed by atoms with van der Waals surface area (Å²) in [5.74, 6) is -0.837. The first-order valence-corrected chi connectivity index (χ1v) is 19.4. The Balaban J connectivity index is 1.05. The summed E-state index contributed by atoms with van der Waals surface area (Å²) in [5.41, 5.74) is -0.896. The molecule has 1 amide bonds. The van der Waals surface area contributed by atoms with Gasteiger partial charge < -0.3 is 24.6 Å². The molecule has 11 nitrogen and oxygen atoms in total. The highest BCUT2D eigenvalue weighted by molar-refractivity contribution is 6.01. The fourth-order valence-electron chi connectivity index (χ4n) is 10.2. The van der Waals surface area contributed by atoms with Crippen molar-refractivity contribution in [2.24, 2.45) is 23.7 Å². The van der Waals surface area contributed by atoms with E-state index in [2.05, 4.69) is 30.2 Å². The molecule has 4 aliphatic carbocycles. The molecule has 4 saturated carbocycles. The van der Waals surface area contributed by atoms with Crippen molar-refractivity contribution in [2.45, 2.75) is 76.1 Å². The van der Waals surface area contributed by atoms with Crippen LogP contribution in [-0.4, -0.2) is 66.2 Å². The SMILES string of the molecule is Cc1cnccc1-n1cc(-c2ccc(C(=O)NC3(C(=O)O)C4CCC5CC(C4)CC3C5)c(C(F)(F)F)n2)c2ccc(OC3CCN(c4ncccn4)CC3)cc21. The van der Waals surface area contributed by atoms with E-state index >= 15 is 0 Å². The van der Waals surface area contributed by atoms with Gasteiger partial charge in [-0.05, 0) is 105 Å². The standard InChI is InChI=1S/C42H42F3N7O4/c1-24-22-46-14-9-35(24)52-23-33(31-6-5-30(21-36(31)52)56-29-10-15-51(16-11-29)40-47-12-2-13-48-40)34-8-7-32(37(49-34)42(43,44)45)38(53)50-41(39(54)55)27-4-3-25-17-26(19-27)20-28(41)18-25/h2,5-9,12-14,21-23,25-29H,3-4,10-11,15-20H2,1H3,(H,50,53)(H,54,55). The Morgan fingerprint density at radius 1 is 0.929 bits per heavy atom. The van der Waals surface area contributed by atoms with Crippen molar-refractivity contribution in [3.8, 4) is 22.7 Å². The molecule has 290 valence electrons. The quantitative estimate of drug-likeness (QED) is 0.163. The third kappa shape index (κ3) is 6.32. The molecule has 4 bridgehead atoms.